The number of nitriles is 3. The monoisotopic (exact) mass is 653 g/mol. The van der Waals surface area contributed by atoms with E-state index < -0.39 is 12.0 Å². The van der Waals surface area contributed by atoms with Crippen molar-refractivity contribution < 1.29 is 0 Å². The number of allylic oxidation sites excluding steroid dienone is 8. The minimum absolute atomic E-state index is 0.441. The molecule has 2 atom stereocenters. The lowest BCUT2D eigenvalue weighted by atomic mass is 9.76. The summed E-state index contributed by atoms with van der Waals surface area (Å²) in [5.74, 6) is -0.441. The second-order valence-corrected chi connectivity index (χ2v) is 13.3. The van der Waals surface area contributed by atoms with E-state index in [2.05, 4.69) is 112 Å². The molecule has 5 nitrogen and oxygen atoms in total. The maximum absolute atomic E-state index is 10.7. The number of aryl methyl sites for hydroxylation is 1. The van der Waals surface area contributed by atoms with Crippen LogP contribution in [0.1, 0.15) is 46.5 Å². The Labute approximate surface area is 296 Å². The standard InChI is InChI=1S/C46H31N5/c47-27-30-11-9-22-44-40(25-30)38-17-5-8-21-43(38)51(44)46-33(29-49)24-23-32(28-48)45(46)39-18-2-1-14-35(39)31-12-10-13-34(26-31)50-41-19-6-3-15-36(41)37-16-4-7-20-42(37)50/h1-3,5-15,17-21,23-26,45-46H,4,16,22H2. The number of rotatable bonds is 4. The van der Waals surface area contributed by atoms with E-state index in [-0.39, 0.29) is 0 Å². The zero-order valence-electron chi connectivity index (χ0n) is 27.8. The molecule has 51 heavy (non-hydrogen) atoms. The molecule has 2 aromatic heterocycles. The normalized spacial score (nSPS) is 17.7. The van der Waals surface area contributed by atoms with Gasteiger partial charge in [-0.3, -0.25) is 0 Å². The number of hydrogen-bond donors (Lipinski definition) is 0. The van der Waals surface area contributed by atoms with Crippen LogP contribution in [0.15, 0.2) is 144 Å². The molecule has 5 heteroatoms. The van der Waals surface area contributed by atoms with Crippen molar-refractivity contribution in [3.05, 3.63) is 172 Å². The van der Waals surface area contributed by atoms with Crippen molar-refractivity contribution in [3.8, 4) is 35.0 Å². The molecule has 240 valence electrons. The topological polar surface area (TPSA) is 81.2 Å². The number of aromatic nitrogens is 2. The molecule has 6 aromatic rings. The van der Waals surface area contributed by atoms with Crippen LogP contribution in [0.2, 0.25) is 0 Å². The van der Waals surface area contributed by atoms with E-state index in [0.29, 0.717) is 23.1 Å². The highest BCUT2D eigenvalue weighted by molar-refractivity contribution is 5.94. The van der Waals surface area contributed by atoms with Crippen LogP contribution in [0.3, 0.4) is 0 Å². The SMILES string of the molecule is N#CC1=Cc2c(n(C3C(C#N)=CC=C(C#N)C3c3ccccc3-c3cccc(-n4c5c(c6ccccc64)CCC=C5)c3)c3ccccc23)CC=C1. The Balaban J connectivity index is 1.26. The minimum Gasteiger partial charge on any atom is -0.334 e. The summed E-state index contributed by atoms with van der Waals surface area (Å²) in [6, 6.07) is 40.7. The molecule has 0 aliphatic heterocycles. The minimum atomic E-state index is -0.483. The van der Waals surface area contributed by atoms with Gasteiger partial charge < -0.3 is 9.13 Å². The first-order valence-electron chi connectivity index (χ1n) is 17.3. The van der Waals surface area contributed by atoms with E-state index in [9.17, 15) is 15.8 Å². The van der Waals surface area contributed by atoms with Crippen molar-refractivity contribution in [2.75, 3.05) is 0 Å². The van der Waals surface area contributed by atoms with E-state index in [4.69, 9.17) is 0 Å². The van der Waals surface area contributed by atoms with Gasteiger partial charge in [0, 0.05) is 56.8 Å². The molecule has 0 bridgehead atoms. The van der Waals surface area contributed by atoms with E-state index in [1.165, 1.54) is 22.2 Å². The molecule has 0 saturated heterocycles. The van der Waals surface area contributed by atoms with Crippen LogP contribution in [-0.4, -0.2) is 9.13 Å². The zero-order chi connectivity index (χ0) is 34.5. The molecule has 0 saturated carbocycles. The van der Waals surface area contributed by atoms with E-state index in [1.807, 2.05) is 48.6 Å². The Hall–Kier alpha value is -6.87. The summed E-state index contributed by atoms with van der Waals surface area (Å²) in [5, 5.41) is 33.6. The molecular formula is C46H31N5. The van der Waals surface area contributed by atoms with Gasteiger partial charge in [0.1, 0.15) is 0 Å². The average Bonchev–Trinajstić information content (AvgIpc) is 3.59. The first-order chi connectivity index (χ1) is 25.2. The van der Waals surface area contributed by atoms with Crippen molar-refractivity contribution >= 4 is 34.0 Å². The van der Waals surface area contributed by atoms with Crippen LogP contribution < -0.4 is 0 Å². The molecule has 3 aliphatic carbocycles. The fourth-order valence-corrected chi connectivity index (χ4v) is 8.48. The summed E-state index contributed by atoms with van der Waals surface area (Å²) in [7, 11) is 0. The summed E-state index contributed by atoms with van der Waals surface area (Å²) >= 11 is 0. The van der Waals surface area contributed by atoms with Gasteiger partial charge in [-0.15, -0.1) is 0 Å². The predicted molar refractivity (Wildman–Crippen MR) is 204 cm³/mol. The van der Waals surface area contributed by atoms with Gasteiger partial charge in [-0.2, -0.15) is 15.8 Å². The second kappa shape index (κ2) is 12.2. The van der Waals surface area contributed by atoms with Crippen molar-refractivity contribution in [2.45, 2.75) is 31.2 Å². The van der Waals surface area contributed by atoms with E-state index in [1.54, 1.807) is 6.08 Å². The zero-order valence-corrected chi connectivity index (χ0v) is 27.8. The summed E-state index contributed by atoms with van der Waals surface area (Å²) < 4.78 is 4.62. The molecule has 0 N–H and O–H groups in total. The number of fused-ring (bicyclic) bond motifs is 6. The van der Waals surface area contributed by atoms with Gasteiger partial charge in [0.2, 0.25) is 0 Å². The highest BCUT2D eigenvalue weighted by atomic mass is 15.0. The highest BCUT2D eigenvalue weighted by Crippen LogP contribution is 2.49. The Bertz CT molecular complexity index is 2720. The second-order valence-electron chi connectivity index (χ2n) is 13.3. The molecular weight excluding hydrogens is 623 g/mol. The predicted octanol–water partition coefficient (Wildman–Crippen LogP) is 10.5. The third-order valence-corrected chi connectivity index (χ3v) is 10.6. The molecule has 0 radical (unpaired) electrons. The molecule has 3 aliphatic rings. The van der Waals surface area contributed by atoms with Gasteiger partial charge in [0.25, 0.3) is 0 Å². The first kappa shape index (κ1) is 30.2. The summed E-state index contributed by atoms with van der Waals surface area (Å²) in [5.41, 5.74) is 12.7. The molecule has 2 unspecified atom stereocenters. The van der Waals surface area contributed by atoms with Gasteiger partial charge >= 0.3 is 0 Å². The van der Waals surface area contributed by atoms with Crippen LogP contribution in [0.5, 0.6) is 0 Å². The molecule has 0 amide bonds. The van der Waals surface area contributed by atoms with Crippen molar-refractivity contribution in [2.24, 2.45) is 0 Å². The molecule has 4 aromatic carbocycles. The Kier molecular flexibility index (Phi) is 7.24. The quantitative estimate of drug-likeness (QED) is 0.190. The Morgan fingerprint density at radius 2 is 1.45 bits per heavy atom. The maximum atomic E-state index is 10.7. The summed E-state index contributed by atoms with van der Waals surface area (Å²) in [6.07, 6.45) is 16.6. The lowest BCUT2D eigenvalue weighted by Gasteiger charge is -2.34. The smallest absolute Gasteiger partial charge is 0.0991 e. The largest absolute Gasteiger partial charge is 0.334 e. The molecule has 0 fully saturated rings. The van der Waals surface area contributed by atoms with Gasteiger partial charge in [0.15, 0.2) is 0 Å². The van der Waals surface area contributed by atoms with Gasteiger partial charge in [-0.1, -0.05) is 84.9 Å². The van der Waals surface area contributed by atoms with Crippen molar-refractivity contribution in [3.63, 3.8) is 0 Å². The van der Waals surface area contributed by atoms with Crippen molar-refractivity contribution in [1.82, 2.24) is 9.13 Å². The number of nitrogens with zero attached hydrogens (tertiary/aromatic N) is 5. The van der Waals surface area contributed by atoms with Gasteiger partial charge in [-0.25, -0.2) is 0 Å². The number of benzene rings is 4. The molecule has 2 heterocycles. The lowest BCUT2D eigenvalue weighted by Crippen LogP contribution is -2.25. The van der Waals surface area contributed by atoms with Crippen molar-refractivity contribution in [1.29, 1.82) is 15.8 Å². The third kappa shape index (κ3) is 4.74. The molecule has 9 rings (SSSR count). The van der Waals surface area contributed by atoms with Crippen LogP contribution in [-0.2, 0) is 12.8 Å². The van der Waals surface area contributed by atoms with Crippen LogP contribution in [0.25, 0.3) is 50.8 Å². The average molecular weight is 654 g/mol. The van der Waals surface area contributed by atoms with Crippen LogP contribution in [0, 0.1) is 34.0 Å². The number of para-hydroxylation sites is 2. The highest BCUT2D eigenvalue weighted by Gasteiger charge is 2.38. The first-order valence-corrected chi connectivity index (χ1v) is 17.3. The Morgan fingerprint density at radius 3 is 2.29 bits per heavy atom. The van der Waals surface area contributed by atoms with Gasteiger partial charge in [-0.05, 0) is 89.7 Å². The van der Waals surface area contributed by atoms with E-state index >= 15 is 0 Å². The fourth-order valence-electron chi connectivity index (χ4n) is 8.48. The van der Waals surface area contributed by atoms with Crippen LogP contribution >= 0.6 is 0 Å². The third-order valence-electron chi connectivity index (χ3n) is 10.6. The maximum Gasteiger partial charge on any atom is 0.0991 e. The summed E-state index contributed by atoms with van der Waals surface area (Å²) in [6.45, 7) is 0. The number of hydrogen-bond acceptors (Lipinski definition) is 3. The van der Waals surface area contributed by atoms with Crippen LogP contribution in [0.4, 0.5) is 0 Å². The lowest BCUT2D eigenvalue weighted by molar-refractivity contribution is 0.521. The van der Waals surface area contributed by atoms with Gasteiger partial charge in [0.05, 0.1) is 40.9 Å². The summed E-state index contributed by atoms with van der Waals surface area (Å²) in [4.78, 5) is 0. The van der Waals surface area contributed by atoms with E-state index in [0.717, 1.165) is 57.4 Å². The molecule has 0 spiro atoms. The fraction of sp³-hybridized carbons (Fsp3) is 0.109. The Morgan fingerprint density at radius 1 is 0.686 bits per heavy atom.